The first-order chi connectivity index (χ1) is 8.31. The van der Waals surface area contributed by atoms with Gasteiger partial charge in [0.05, 0.1) is 6.10 Å². The van der Waals surface area contributed by atoms with Gasteiger partial charge in [-0.2, -0.15) is 0 Å². The summed E-state index contributed by atoms with van der Waals surface area (Å²) in [7, 11) is 0. The summed E-state index contributed by atoms with van der Waals surface area (Å²) in [5, 5.41) is 2.49. The van der Waals surface area contributed by atoms with Crippen LogP contribution in [-0.2, 0) is 0 Å². The van der Waals surface area contributed by atoms with Gasteiger partial charge in [-0.3, -0.25) is 0 Å². The third-order valence-corrected chi connectivity index (χ3v) is 3.87. The van der Waals surface area contributed by atoms with Crippen LogP contribution in [0.25, 0.3) is 10.8 Å². The first-order valence-electron chi connectivity index (χ1n) is 6.17. The highest BCUT2D eigenvalue weighted by atomic mass is 79.9. The van der Waals surface area contributed by atoms with E-state index in [1.807, 2.05) is 0 Å². The molecule has 0 radical (unpaired) electrons. The highest BCUT2D eigenvalue weighted by Crippen LogP contribution is 2.28. The maximum absolute atomic E-state index is 6.00. The van der Waals surface area contributed by atoms with Gasteiger partial charge in [-0.05, 0) is 60.7 Å². The molecule has 0 unspecified atom stereocenters. The average Bonchev–Trinajstić information content (AvgIpc) is 2.82. The second kappa shape index (κ2) is 4.69. The molecular formula is C15H15BrO. The molecule has 2 aromatic rings. The van der Waals surface area contributed by atoms with E-state index in [2.05, 4.69) is 52.3 Å². The molecule has 0 N–H and O–H groups in total. The molecule has 1 fully saturated rings. The summed E-state index contributed by atoms with van der Waals surface area (Å²) in [6.07, 6.45) is 5.47. The molecule has 0 spiro atoms. The number of ether oxygens (including phenoxy) is 1. The summed E-state index contributed by atoms with van der Waals surface area (Å²) in [6, 6.07) is 12.7. The van der Waals surface area contributed by atoms with Crippen LogP contribution in [0.5, 0.6) is 5.75 Å². The topological polar surface area (TPSA) is 9.23 Å². The lowest BCUT2D eigenvalue weighted by Crippen LogP contribution is -2.10. The molecule has 0 saturated heterocycles. The Morgan fingerprint density at radius 2 is 1.65 bits per heavy atom. The molecule has 2 aromatic carbocycles. The van der Waals surface area contributed by atoms with Crippen LogP contribution < -0.4 is 4.74 Å². The van der Waals surface area contributed by atoms with Gasteiger partial charge in [-0.1, -0.05) is 28.1 Å². The molecule has 0 atom stereocenters. The molecule has 2 heteroatoms. The fraction of sp³-hybridized carbons (Fsp3) is 0.333. The Labute approximate surface area is 110 Å². The zero-order chi connectivity index (χ0) is 11.7. The van der Waals surface area contributed by atoms with Crippen LogP contribution in [0.1, 0.15) is 25.7 Å². The first-order valence-corrected chi connectivity index (χ1v) is 6.96. The average molecular weight is 291 g/mol. The van der Waals surface area contributed by atoms with Crippen LogP contribution in [0, 0.1) is 0 Å². The molecule has 0 aromatic heterocycles. The Balaban J connectivity index is 1.88. The molecule has 1 nitrogen and oxygen atoms in total. The molecule has 1 saturated carbocycles. The molecule has 1 aliphatic rings. The van der Waals surface area contributed by atoms with Gasteiger partial charge in [0.2, 0.25) is 0 Å². The molecule has 1 aliphatic carbocycles. The number of fused-ring (bicyclic) bond motifs is 1. The van der Waals surface area contributed by atoms with Gasteiger partial charge in [0.15, 0.2) is 0 Å². The highest BCUT2D eigenvalue weighted by Gasteiger charge is 2.16. The monoisotopic (exact) mass is 290 g/mol. The molecule has 0 aliphatic heterocycles. The van der Waals surface area contributed by atoms with Crippen molar-refractivity contribution in [1.82, 2.24) is 0 Å². The molecule has 3 rings (SSSR count). The normalized spacial score (nSPS) is 16.5. The number of hydrogen-bond donors (Lipinski definition) is 0. The van der Waals surface area contributed by atoms with E-state index in [-0.39, 0.29) is 0 Å². The molecule has 0 heterocycles. The fourth-order valence-corrected chi connectivity index (χ4v) is 2.85. The molecular weight excluding hydrogens is 276 g/mol. The number of halogens is 1. The summed E-state index contributed by atoms with van der Waals surface area (Å²) in [4.78, 5) is 0. The zero-order valence-corrected chi connectivity index (χ0v) is 11.2. The number of hydrogen-bond acceptors (Lipinski definition) is 1. The molecule has 88 valence electrons. The lowest BCUT2D eigenvalue weighted by molar-refractivity contribution is 0.210. The van der Waals surface area contributed by atoms with Crippen LogP contribution >= 0.6 is 15.9 Å². The van der Waals surface area contributed by atoms with Crippen molar-refractivity contribution in [2.24, 2.45) is 0 Å². The van der Waals surface area contributed by atoms with E-state index in [9.17, 15) is 0 Å². The van der Waals surface area contributed by atoms with Crippen molar-refractivity contribution in [3.8, 4) is 5.75 Å². The van der Waals surface area contributed by atoms with Crippen molar-refractivity contribution in [3.63, 3.8) is 0 Å². The summed E-state index contributed by atoms with van der Waals surface area (Å²) in [6.45, 7) is 0. The third kappa shape index (κ3) is 2.47. The highest BCUT2D eigenvalue weighted by molar-refractivity contribution is 9.10. The van der Waals surface area contributed by atoms with E-state index in [4.69, 9.17) is 4.74 Å². The minimum atomic E-state index is 0.433. The second-order valence-corrected chi connectivity index (χ2v) is 5.59. The summed E-state index contributed by atoms with van der Waals surface area (Å²) in [5.74, 6) is 1.01. The van der Waals surface area contributed by atoms with Gasteiger partial charge >= 0.3 is 0 Å². The van der Waals surface area contributed by atoms with Gasteiger partial charge in [0.1, 0.15) is 5.75 Å². The molecule has 17 heavy (non-hydrogen) atoms. The van der Waals surface area contributed by atoms with Crippen LogP contribution in [0.15, 0.2) is 40.9 Å². The van der Waals surface area contributed by atoms with Crippen molar-refractivity contribution in [3.05, 3.63) is 40.9 Å². The lowest BCUT2D eigenvalue weighted by atomic mass is 10.1. The minimum absolute atomic E-state index is 0.433. The van der Waals surface area contributed by atoms with E-state index in [1.54, 1.807) is 0 Å². The molecule has 0 bridgehead atoms. The van der Waals surface area contributed by atoms with Gasteiger partial charge < -0.3 is 4.74 Å². The number of benzene rings is 2. The van der Waals surface area contributed by atoms with Crippen molar-refractivity contribution in [1.29, 1.82) is 0 Å². The van der Waals surface area contributed by atoms with Crippen molar-refractivity contribution in [2.75, 3.05) is 0 Å². The quantitative estimate of drug-likeness (QED) is 0.762. The number of rotatable bonds is 2. The van der Waals surface area contributed by atoms with Gasteiger partial charge in [-0.15, -0.1) is 0 Å². The maximum atomic E-state index is 6.00. The first kappa shape index (κ1) is 11.1. The Bertz CT molecular complexity index is 529. The van der Waals surface area contributed by atoms with Gasteiger partial charge in [0, 0.05) is 4.47 Å². The molecule has 0 amide bonds. The Morgan fingerprint density at radius 1 is 0.941 bits per heavy atom. The van der Waals surface area contributed by atoms with Crippen molar-refractivity contribution < 1.29 is 4.74 Å². The van der Waals surface area contributed by atoms with E-state index < -0.39 is 0 Å². The standard InChI is InChI=1S/C15H15BrO/c16-13-7-5-12-10-15(8-6-11(12)9-13)17-14-3-1-2-4-14/h5-10,14H,1-4H2. The van der Waals surface area contributed by atoms with E-state index in [0.717, 1.165) is 10.2 Å². The van der Waals surface area contributed by atoms with E-state index in [1.165, 1.54) is 36.5 Å². The minimum Gasteiger partial charge on any atom is -0.490 e. The summed E-state index contributed by atoms with van der Waals surface area (Å²) < 4.78 is 7.12. The lowest BCUT2D eigenvalue weighted by Gasteiger charge is -2.13. The smallest absolute Gasteiger partial charge is 0.120 e. The predicted octanol–water partition coefficient (Wildman–Crippen LogP) is 4.92. The largest absolute Gasteiger partial charge is 0.490 e. The third-order valence-electron chi connectivity index (χ3n) is 3.38. The fourth-order valence-electron chi connectivity index (χ4n) is 2.47. The maximum Gasteiger partial charge on any atom is 0.120 e. The van der Waals surface area contributed by atoms with E-state index in [0.29, 0.717) is 6.10 Å². The Hall–Kier alpha value is -1.02. The van der Waals surface area contributed by atoms with Crippen LogP contribution in [0.4, 0.5) is 0 Å². The van der Waals surface area contributed by atoms with Crippen molar-refractivity contribution in [2.45, 2.75) is 31.8 Å². The van der Waals surface area contributed by atoms with Crippen LogP contribution in [0.2, 0.25) is 0 Å². The Kier molecular flexibility index (Phi) is 3.06. The Morgan fingerprint density at radius 3 is 2.47 bits per heavy atom. The van der Waals surface area contributed by atoms with Crippen LogP contribution in [-0.4, -0.2) is 6.10 Å². The van der Waals surface area contributed by atoms with Gasteiger partial charge in [-0.25, -0.2) is 0 Å². The summed E-state index contributed by atoms with van der Waals surface area (Å²) >= 11 is 3.49. The van der Waals surface area contributed by atoms with Gasteiger partial charge in [0.25, 0.3) is 0 Å². The SMILES string of the molecule is Brc1ccc2cc(OC3CCCC3)ccc2c1. The van der Waals surface area contributed by atoms with E-state index >= 15 is 0 Å². The van der Waals surface area contributed by atoms with Crippen LogP contribution in [0.3, 0.4) is 0 Å². The zero-order valence-electron chi connectivity index (χ0n) is 9.66. The second-order valence-electron chi connectivity index (χ2n) is 4.68. The predicted molar refractivity (Wildman–Crippen MR) is 74.5 cm³/mol. The van der Waals surface area contributed by atoms with Crippen molar-refractivity contribution >= 4 is 26.7 Å². The summed E-state index contributed by atoms with van der Waals surface area (Å²) in [5.41, 5.74) is 0.